The number of hydrogen-bond acceptors (Lipinski definition) is 6. The Kier molecular flexibility index (Phi) is 3.88. The van der Waals surface area contributed by atoms with Crippen molar-refractivity contribution in [1.82, 2.24) is 4.98 Å². The second-order valence-electron chi connectivity index (χ2n) is 3.37. The summed E-state index contributed by atoms with van der Waals surface area (Å²) in [6.07, 6.45) is 3.03. The van der Waals surface area contributed by atoms with Crippen LogP contribution in [0.5, 0.6) is 0 Å². The van der Waals surface area contributed by atoms with Gasteiger partial charge in [0.15, 0.2) is 0 Å². The molecule has 0 fully saturated rings. The number of ether oxygens (including phenoxy) is 1. The quantitative estimate of drug-likeness (QED) is 0.675. The molecule has 0 amide bonds. The summed E-state index contributed by atoms with van der Waals surface area (Å²) in [7, 11) is 0. The van der Waals surface area contributed by atoms with Crippen LogP contribution in [-0.4, -0.2) is 17.6 Å². The number of nitrogens with two attached hydrogens (primary N) is 1. The van der Waals surface area contributed by atoms with Gasteiger partial charge in [-0.25, -0.2) is 9.78 Å². The minimum atomic E-state index is -0.369. The predicted octanol–water partition coefficient (Wildman–Crippen LogP) is 2.58. The number of carbonyl (C=O) groups excluding carboxylic acids is 1. The lowest BCUT2D eigenvalue weighted by molar-refractivity contribution is 0.0526. The normalized spacial score (nSPS) is 10.3. The van der Waals surface area contributed by atoms with Gasteiger partial charge in [0.2, 0.25) is 0 Å². The van der Waals surface area contributed by atoms with Gasteiger partial charge < -0.3 is 14.9 Å². The number of anilines is 1. The number of benzene rings is 1. The molecule has 1 aromatic carbocycles. The zero-order valence-corrected chi connectivity index (χ0v) is 10.6. The van der Waals surface area contributed by atoms with Crippen LogP contribution in [0.25, 0.3) is 0 Å². The van der Waals surface area contributed by atoms with E-state index in [0.717, 1.165) is 0 Å². The van der Waals surface area contributed by atoms with Crippen LogP contribution in [0.3, 0.4) is 0 Å². The standard InChI is InChI=1S/C12H12N2O3S/c1-2-16-11(15)8-3-4-9(13)10(7-8)18-12-14-5-6-17-12/h3-7H,2,13H2,1H3. The Bertz CT molecular complexity index is 540. The van der Waals surface area contributed by atoms with Crippen molar-refractivity contribution in [2.45, 2.75) is 17.0 Å². The number of nitrogen functional groups attached to an aromatic ring is 1. The molecule has 2 aromatic rings. The largest absolute Gasteiger partial charge is 0.462 e. The Hall–Kier alpha value is -1.95. The van der Waals surface area contributed by atoms with Crippen molar-refractivity contribution in [3.8, 4) is 0 Å². The number of carbonyl (C=O) groups is 1. The molecule has 0 spiro atoms. The average molecular weight is 264 g/mol. The van der Waals surface area contributed by atoms with Crippen LogP contribution in [0.4, 0.5) is 5.69 Å². The number of nitrogens with zero attached hydrogens (tertiary/aromatic N) is 1. The highest BCUT2D eigenvalue weighted by Crippen LogP contribution is 2.31. The minimum absolute atomic E-state index is 0.339. The molecule has 0 aliphatic carbocycles. The van der Waals surface area contributed by atoms with Gasteiger partial charge in [-0.15, -0.1) is 0 Å². The lowest BCUT2D eigenvalue weighted by Gasteiger charge is -2.06. The van der Waals surface area contributed by atoms with Gasteiger partial charge in [0.05, 0.1) is 18.4 Å². The van der Waals surface area contributed by atoms with Crippen LogP contribution in [-0.2, 0) is 4.74 Å². The molecule has 94 valence electrons. The maximum Gasteiger partial charge on any atom is 0.338 e. The third kappa shape index (κ3) is 2.84. The number of esters is 1. The van der Waals surface area contributed by atoms with Gasteiger partial charge >= 0.3 is 5.97 Å². The number of aromatic nitrogens is 1. The van der Waals surface area contributed by atoms with Gasteiger partial charge in [0.25, 0.3) is 5.22 Å². The third-order valence-corrected chi connectivity index (χ3v) is 3.08. The molecule has 2 rings (SSSR count). The van der Waals surface area contributed by atoms with E-state index in [-0.39, 0.29) is 5.97 Å². The second kappa shape index (κ2) is 5.59. The first-order valence-electron chi connectivity index (χ1n) is 5.34. The molecule has 0 saturated carbocycles. The Labute approximate surface area is 108 Å². The highest BCUT2D eigenvalue weighted by molar-refractivity contribution is 7.99. The number of hydrogen-bond donors (Lipinski definition) is 1. The van der Waals surface area contributed by atoms with Crippen molar-refractivity contribution in [3.63, 3.8) is 0 Å². The Balaban J connectivity index is 2.24. The van der Waals surface area contributed by atoms with Gasteiger partial charge in [-0.1, -0.05) is 0 Å². The molecular weight excluding hydrogens is 252 g/mol. The summed E-state index contributed by atoms with van der Waals surface area (Å²) in [6, 6.07) is 4.96. The fourth-order valence-electron chi connectivity index (χ4n) is 1.32. The molecule has 2 N–H and O–H groups in total. The fraction of sp³-hybridized carbons (Fsp3) is 0.167. The first kappa shape index (κ1) is 12.5. The molecular formula is C12H12N2O3S. The smallest absolute Gasteiger partial charge is 0.338 e. The minimum Gasteiger partial charge on any atom is -0.462 e. The summed E-state index contributed by atoms with van der Waals surface area (Å²) in [6.45, 7) is 2.10. The van der Waals surface area contributed by atoms with E-state index in [1.165, 1.54) is 18.0 Å². The van der Waals surface area contributed by atoms with Crippen LogP contribution >= 0.6 is 11.8 Å². The Morgan fingerprint density at radius 2 is 2.39 bits per heavy atom. The lowest BCUT2D eigenvalue weighted by atomic mass is 10.2. The molecule has 1 aromatic heterocycles. The van der Waals surface area contributed by atoms with E-state index in [4.69, 9.17) is 14.9 Å². The van der Waals surface area contributed by atoms with Crippen molar-refractivity contribution in [1.29, 1.82) is 0 Å². The van der Waals surface area contributed by atoms with Gasteiger partial charge in [0.1, 0.15) is 6.26 Å². The van der Waals surface area contributed by atoms with Gasteiger partial charge in [-0.05, 0) is 36.9 Å². The zero-order valence-electron chi connectivity index (χ0n) is 9.75. The monoisotopic (exact) mass is 264 g/mol. The topological polar surface area (TPSA) is 78.4 Å². The molecule has 5 nitrogen and oxygen atoms in total. The van der Waals surface area contributed by atoms with Gasteiger partial charge in [-0.3, -0.25) is 0 Å². The summed E-state index contributed by atoms with van der Waals surface area (Å²) in [4.78, 5) is 16.3. The van der Waals surface area contributed by atoms with E-state index < -0.39 is 0 Å². The van der Waals surface area contributed by atoms with Crippen LogP contribution in [0, 0.1) is 0 Å². The SMILES string of the molecule is CCOC(=O)c1ccc(N)c(Sc2ncco2)c1. The Morgan fingerprint density at radius 1 is 1.56 bits per heavy atom. The van der Waals surface area contributed by atoms with Gasteiger partial charge in [-0.2, -0.15) is 0 Å². The van der Waals surface area contributed by atoms with Crippen molar-refractivity contribution >= 4 is 23.4 Å². The van der Waals surface area contributed by atoms with Crippen molar-refractivity contribution in [3.05, 3.63) is 36.2 Å². The van der Waals surface area contributed by atoms with E-state index in [2.05, 4.69) is 4.98 Å². The van der Waals surface area contributed by atoms with Crippen LogP contribution < -0.4 is 5.73 Å². The molecule has 0 aliphatic rings. The molecule has 6 heteroatoms. The molecule has 0 atom stereocenters. The highest BCUT2D eigenvalue weighted by Gasteiger charge is 2.11. The van der Waals surface area contributed by atoms with E-state index in [9.17, 15) is 4.79 Å². The molecule has 0 unspecified atom stereocenters. The summed E-state index contributed by atoms with van der Waals surface area (Å²) in [5.41, 5.74) is 6.86. The number of rotatable bonds is 4. The van der Waals surface area contributed by atoms with Crippen molar-refractivity contribution in [2.75, 3.05) is 12.3 Å². The van der Waals surface area contributed by atoms with E-state index in [1.807, 2.05) is 0 Å². The molecule has 0 aliphatic heterocycles. The molecule has 0 saturated heterocycles. The average Bonchev–Trinajstić information content (AvgIpc) is 2.85. The van der Waals surface area contributed by atoms with Crippen LogP contribution in [0.1, 0.15) is 17.3 Å². The van der Waals surface area contributed by atoms with Crippen LogP contribution in [0.15, 0.2) is 45.2 Å². The summed E-state index contributed by atoms with van der Waals surface area (Å²) in [5, 5.41) is 0.475. The maximum absolute atomic E-state index is 11.6. The summed E-state index contributed by atoms with van der Waals surface area (Å²) >= 11 is 1.26. The van der Waals surface area contributed by atoms with E-state index in [1.54, 1.807) is 31.3 Å². The highest BCUT2D eigenvalue weighted by atomic mass is 32.2. The third-order valence-electron chi connectivity index (χ3n) is 2.13. The summed E-state index contributed by atoms with van der Waals surface area (Å²) in [5.74, 6) is -0.369. The zero-order chi connectivity index (χ0) is 13.0. The Morgan fingerprint density at radius 3 is 3.06 bits per heavy atom. The van der Waals surface area contributed by atoms with Crippen LogP contribution in [0.2, 0.25) is 0 Å². The van der Waals surface area contributed by atoms with Crippen molar-refractivity contribution in [2.24, 2.45) is 0 Å². The van der Waals surface area contributed by atoms with Gasteiger partial charge in [0, 0.05) is 10.6 Å². The first-order chi connectivity index (χ1) is 8.70. The first-order valence-corrected chi connectivity index (χ1v) is 6.16. The number of oxazole rings is 1. The maximum atomic E-state index is 11.6. The molecule has 18 heavy (non-hydrogen) atoms. The molecule has 0 radical (unpaired) electrons. The second-order valence-corrected chi connectivity index (χ2v) is 4.37. The van der Waals surface area contributed by atoms with Crippen molar-refractivity contribution < 1.29 is 13.9 Å². The predicted molar refractivity (Wildman–Crippen MR) is 67.4 cm³/mol. The lowest BCUT2D eigenvalue weighted by Crippen LogP contribution is -2.05. The fourth-order valence-corrected chi connectivity index (χ4v) is 2.10. The molecule has 0 bridgehead atoms. The van der Waals surface area contributed by atoms with E-state index in [0.29, 0.717) is 28.0 Å². The van der Waals surface area contributed by atoms with E-state index >= 15 is 0 Å². The molecule has 1 heterocycles. The summed E-state index contributed by atoms with van der Waals surface area (Å²) < 4.78 is 10.1.